The van der Waals surface area contributed by atoms with E-state index >= 15 is 0 Å². The van der Waals surface area contributed by atoms with Crippen LogP contribution < -0.4 is 0 Å². The maximum Gasteiger partial charge on any atom is 0.310 e. The minimum absolute atomic E-state index is 0.103. The fourth-order valence-corrected chi connectivity index (χ4v) is 3.15. The maximum atomic E-state index is 13.4. The van der Waals surface area contributed by atoms with Crippen molar-refractivity contribution in [3.8, 4) is 0 Å². The number of amides is 1. The van der Waals surface area contributed by atoms with Crippen molar-refractivity contribution in [1.82, 2.24) is 4.90 Å². The summed E-state index contributed by atoms with van der Waals surface area (Å²) in [7, 11) is 1.35. The average Bonchev–Trinajstić information content (AvgIpc) is 2.58. The van der Waals surface area contributed by atoms with Gasteiger partial charge in [-0.05, 0) is 31.0 Å². The third-order valence-electron chi connectivity index (χ3n) is 4.42. The van der Waals surface area contributed by atoms with E-state index in [1.807, 2.05) is 0 Å². The highest BCUT2D eigenvalue weighted by atomic mass is 19.1. The molecule has 0 saturated heterocycles. The molecule has 0 radical (unpaired) electrons. The average molecular weight is 321 g/mol. The first kappa shape index (κ1) is 17.4. The van der Waals surface area contributed by atoms with Crippen LogP contribution >= 0.6 is 0 Å². The minimum Gasteiger partial charge on any atom is -0.469 e. The summed E-state index contributed by atoms with van der Waals surface area (Å²) in [4.78, 5) is 26.3. The molecule has 0 spiro atoms. The number of hydrogen-bond donors (Lipinski definition) is 0. The zero-order chi connectivity index (χ0) is 16.8. The molecule has 5 heteroatoms. The molecule has 126 valence electrons. The molecule has 0 bridgehead atoms. The monoisotopic (exact) mass is 321 g/mol. The van der Waals surface area contributed by atoms with Gasteiger partial charge in [0.25, 0.3) is 5.91 Å². The summed E-state index contributed by atoms with van der Waals surface area (Å²) in [6.45, 7) is 2.05. The van der Waals surface area contributed by atoms with Gasteiger partial charge in [-0.1, -0.05) is 32.3 Å². The van der Waals surface area contributed by atoms with Gasteiger partial charge in [0, 0.05) is 18.2 Å². The third kappa shape index (κ3) is 4.53. The smallest absolute Gasteiger partial charge is 0.310 e. The first-order chi connectivity index (χ1) is 11.0. The van der Waals surface area contributed by atoms with Crippen molar-refractivity contribution in [2.45, 2.75) is 45.1 Å². The lowest BCUT2D eigenvalue weighted by atomic mass is 9.93. The van der Waals surface area contributed by atoms with Crippen LogP contribution in [0.1, 0.15) is 49.4 Å². The van der Waals surface area contributed by atoms with Gasteiger partial charge < -0.3 is 9.64 Å². The van der Waals surface area contributed by atoms with E-state index in [4.69, 9.17) is 4.74 Å². The summed E-state index contributed by atoms with van der Waals surface area (Å²) in [6, 6.07) is 5.82. The van der Waals surface area contributed by atoms with Gasteiger partial charge in [0.2, 0.25) is 0 Å². The third-order valence-corrected chi connectivity index (χ3v) is 4.42. The van der Waals surface area contributed by atoms with Crippen LogP contribution in [0, 0.1) is 11.7 Å². The number of methoxy groups -OCH3 is 1. The van der Waals surface area contributed by atoms with E-state index in [-0.39, 0.29) is 17.9 Å². The van der Waals surface area contributed by atoms with Crippen molar-refractivity contribution in [3.05, 3.63) is 35.6 Å². The molecule has 1 aromatic carbocycles. The SMILES string of the molecule is COC(=O)C(C)CN(C(=O)c1cccc(F)c1)C1CCCCC1. The van der Waals surface area contributed by atoms with Gasteiger partial charge in [0.05, 0.1) is 13.0 Å². The molecular formula is C18H24FNO3. The molecule has 1 amide bonds. The van der Waals surface area contributed by atoms with Crippen LogP contribution in [-0.4, -0.2) is 36.5 Å². The summed E-state index contributed by atoms with van der Waals surface area (Å²) in [5, 5.41) is 0. The Morgan fingerprint density at radius 3 is 2.61 bits per heavy atom. The standard InChI is InChI=1S/C18H24FNO3/c1-13(18(22)23-2)12-20(16-9-4-3-5-10-16)17(21)14-7-6-8-15(19)11-14/h6-8,11,13,16H,3-5,9-10,12H2,1-2H3. The second-order valence-electron chi connectivity index (χ2n) is 6.18. The fourth-order valence-electron chi connectivity index (χ4n) is 3.15. The number of carbonyl (C=O) groups excluding carboxylic acids is 2. The van der Waals surface area contributed by atoms with Crippen LogP contribution in [0.25, 0.3) is 0 Å². The van der Waals surface area contributed by atoms with E-state index in [9.17, 15) is 14.0 Å². The zero-order valence-corrected chi connectivity index (χ0v) is 13.8. The van der Waals surface area contributed by atoms with E-state index in [0.717, 1.165) is 25.7 Å². The summed E-state index contributed by atoms with van der Waals surface area (Å²) in [6.07, 6.45) is 5.17. The number of esters is 1. The molecule has 0 N–H and O–H groups in total. The molecule has 23 heavy (non-hydrogen) atoms. The highest BCUT2D eigenvalue weighted by Gasteiger charge is 2.29. The summed E-state index contributed by atoms with van der Waals surface area (Å²) < 4.78 is 18.2. The van der Waals surface area contributed by atoms with Crippen molar-refractivity contribution in [3.63, 3.8) is 0 Å². The van der Waals surface area contributed by atoms with Crippen LogP contribution in [0.15, 0.2) is 24.3 Å². The molecule has 1 unspecified atom stereocenters. The lowest BCUT2D eigenvalue weighted by Gasteiger charge is -2.35. The number of carbonyl (C=O) groups is 2. The molecular weight excluding hydrogens is 297 g/mol. The van der Waals surface area contributed by atoms with Crippen LogP contribution in [0.4, 0.5) is 4.39 Å². The second kappa shape index (κ2) is 8.09. The van der Waals surface area contributed by atoms with Gasteiger partial charge in [-0.15, -0.1) is 0 Å². The Kier molecular flexibility index (Phi) is 6.13. The zero-order valence-electron chi connectivity index (χ0n) is 13.8. The maximum absolute atomic E-state index is 13.4. The van der Waals surface area contributed by atoms with Crippen LogP contribution in [0.2, 0.25) is 0 Å². The molecule has 1 saturated carbocycles. The molecule has 1 atom stereocenters. The van der Waals surface area contributed by atoms with E-state index in [2.05, 4.69) is 0 Å². The first-order valence-corrected chi connectivity index (χ1v) is 8.17. The summed E-state index contributed by atoms with van der Waals surface area (Å²) in [5.41, 5.74) is 0.327. The fraction of sp³-hybridized carbons (Fsp3) is 0.556. The van der Waals surface area contributed by atoms with Crippen molar-refractivity contribution in [2.24, 2.45) is 5.92 Å². The minimum atomic E-state index is -0.430. The Morgan fingerprint density at radius 2 is 2.00 bits per heavy atom. The number of ether oxygens (including phenoxy) is 1. The Morgan fingerprint density at radius 1 is 1.30 bits per heavy atom. The highest BCUT2D eigenvalue weighted by Crippen LogP contribution is 2.25. The summed E-state index contributed by atoms with van der Waals surface area (Å²) in [5.74, 6) is -1.38. The van der Waals surface area contributed by atoms with Crippen LogP contribution in [0.5, 0.6) is 0 Å². The second-order valence-corrected chi connectivity index (χ2v) is 6.18. The quantitative estimate of drug-likeness (QED) is 0.781. The molecule has 0 aromatic heterocycles. The predicted octanol–water partition coefficient (Wildman–Crippen LogP) is 3.41. The van der Waals surface area contributed by atoms with Crippen molar-refractivity contribution >= 4 is 11.9 Å². The molecule has 1 fully saturated rings. The van der Waals surface area contributed by atoms with Gasteiger partial charge in [-0.3, -0.25) is 9.59 Å². The lowest BCUT2D eigenvalue weighted by Crippen LogP contribution is -2.45. The Labute approximate surface area is 136 Å². The Bertz CT molecular complexity index is 555. The van der Waals surface area contributed by atoms with Gasteiger partial charge in [-0.25, -0.2) is 4.39 Å². The van der Waals surface area contributed by atoms with E-state index in [0.29, 0.717) is 12.1 Å². The van der Waals surface area contributed by atoms with Crippen molar-refractivity contribution in [1.29, 1.82) is 0 Å². The molecule has 1 aromatic rings. The van der Waals surface area contributed by atoms with Crippen LogP contribution in [0.3, 0.4) is 0 Å². The predicted molar refractivity (Wildman–Crippen MR) is 85.5 cm³/mol. The van der Waals surface area contributed by atoms with Gasteiger partial charge >= 0.3 is 5.97 Å². The number of nitrogens with zero attached hydrogens (tertiary/aromatic N) is 1. The first-order valence-electron chi connectivity index (χ1n) is 8.17. The topological polar surface area (TPSA) is 46.6 Å². The normalized spacial score (nSPS) is 16.7. The van der Waals surface area contributed by atoms with Gasteiger partial charge in [0.15, 0.2) is 0 Å². The largest absolute Gasteiger partial charge is 0.469 e. The molecule has 1 aliphatic carbocycles. The number of benzene rings is 1. The Balaban J connectivity index is 2.21. The number of halogens is 1. The van der Waals surface area contributed by atoms with E-state index in [1.54, 1.807) is 17.9 Å². The summed E-state index contributed by atoms with van der Waals surface area (Å²) >= 11 is 0. The van der Waals surface area contributed by atoms with Crippen LogP contribution in [-0.2, 0) is 9.53 Å². The number of rotatable bonds is 5. The van der Waals surface area contributed by atoms with Crippen molar-refractivity contribution < 1.29 is 18.7 Å². The Hall–Kier alpha value is -1.91. The molecule has 2 rings (SSSR count). The van der Waals surface area contributed by atoms with Crippen molar-refractivity contribution in [2.75, 3.05) is 13.7 Å². The number of hydrogen-bond acceptors (Lipinski definition) is 3. The van der Waals surface area contributed by atoms with E-state index in [1.165, 1.54) is 31.7 Å². The lowest BCUT2D eigenvalue weighted by molar-refractivity contribution is -0.145. The molecule has 1 aliphatic rings. The van der Waals surface area contributed by atoms with Gasteiger partial charge in [-0.2, -0.15) is 0 Å². The molecule has 0 aliphatic heterocycles. The van der Waals surface area contributed by atoms with E-state index < -0.39 is 11.7 Å². The highest BCUT2D eigenvalue weighted by molar-refractivity contribution is 5.94. The van der Waals surface area contributed by atoms with Gasteiger partial charge in [0.1, 0.15) is 5.82 Å². The molecule has 0 heterocycles. The molecule has 4 nitrogen and oxygen atoms in total.